The molecule has 0 bridgehead atoms. The number of benzene rings is 3. The highest BCUT2D eigenvalue weighted by Gasteiger charge is 2.14. The molecule has 202 valence electrons. The van der Waals surface area contributed by atoms with Crippen molar-refractivity contribution in [3.63, 3.8) is 0 Å². The van der Waals surface area contributed by atoms with Crippen LogP contribution in [0.1, 0.15) is 38.5 Å². The summed E-state index contributed by atoms with van der Waals surface area (Å²) >= 11 is 0. The van der Waals surface area contributed by atoms with Gasteiger partial charge in [-0.2, -0.15) is 0 Å². The maximum Gasteiger partial charge on any atom is 0.271 e. The summed E-state index contributed by atoms with van der Waals surface area (Å²) in [5, 5.41) is 16.3. The minimum absolute atomic E-state index is 0. The monoisotopic (exact) mass is 557 g/mol. The van der Waals surface area contributed by atoms with Crippen molar-refractivity contribution in [2.24, 2.45) is 5.73 Å². The average Bonchev–Trinajstić information content (AvgIpc) is 2.88. The highest BCUT2D eigenvalue weighted by Crippen LogP contribution is 2.34. The third-order valence-corrected chi connectivity index (χ3v) is 7.54. The Bertz CT molecular complexity index is 1500. The number of para-hydroxylation sites is 1. The van der Waals surface area contributed by atoms with Crippen molar-refractivity contribution < 1.29 is 13.3 Å². The van der Waals surface area contributed by atoms with Crippen molar-refractivity contribution in [3.8, 4) is 0 Å². The summed E-state index contributed by atoms with van der Waals surface area (Å²) in [5.74, 6) is 0.0883. The Morgan fingerprint density at radius 3 is 2.16 bits per heavy atom. The maximum atomic E-state index is 12.5. The van der Waals surface area contributed by atoms with Crippen LogP contribution in [-0.2, 0) is 10.0 Å². The fourth-order valence-electron chi connectivity index (χ4n) is 4.27. The molecule has 11 heteroatoms. The minimum Gasteiger partial charge on any atom is -0.354 e. The van der Waals surface area contributed by atoms with Crippen molar-refractivity contribution in [1.29, 1.82) is 0 Å². The highest BCUT2D eigenvalue weighted by atomic mass is 35.5. The van der Waals surface area contributed by atoms with E-state index in [1.54, 1.807) is 30.3 Å². The van der Waals surface area contributed by atoms with E-state index in [1.165, 1.54) is 12.1 Å². The van der Waals surface area contributed by atoms with Crippen molar-refractivity contribution in [1.82, 2.24) is 4.98 Å². The van der Waals surface area contributed by atoms with Crippen LogP contribution in [0.15, 0.2) is 66.7 Å². The van der Waals surface area contributed by atoms with Gasteiger partial charge in [-0.25, -0.2) is 13.4 Å². The van der Waals surface area contributed by atoms with E-state index >= 15 is 0 Å². The van der Waals surface area contributed by atoms with Gasteiger partial charge in [0.15, 0.2) is 0 Å². The predicted octanol–water partition coefficient (Wildman–Crippen LogP) is 6.50. The Hall–Kier alpha value is -3.47. The number of nitro benzene ring substituents is 1. The van der Waals surface area contributed by atoms with E-state index in [0.717, 1.165) is 54.3 Å². The molecule has 0 saturated heterocycles. The van der Waals surface area contributed by atoms with Gasteiger partial charge in [-0.05, 0) is 55.8 Å². The van der Waals surface area contributed by atoms with E-state index in [4.69, 9.17) is 5.73 Å². The number of aromatic nitrogens is 1. The molecule has 4 rings (SSSR count). The molecule has 0 amide bonds. The number of rotatable bonds is 13. The number of hydrogen-bond donors (Lipinski definition) is 3. The summed E-state index contributed by atoms with van der Waals surface area (Å²) in [4.78, 5) is 15.4. The lowest BCUT2D eigenvalue weighted by Crippen LogP contribution is -2.16. The predicted molar refractivity (Wildman–Crippen MR) is 157 cm³/mol. The topological polar surface area (TPSA) is 140 Å². The number of non-ortho nitro benzene ring substituents is 1. The van der Waals surface area contributed by atoms with Crippen LogP contribution in [0.25, 0.3) is 21.8 Å². The molecule has 9 nitrogen and oxygen atoms in total. The van der Waals surface area contributed by atoms with Gasteiger partial charge in [-0.1, -0.05) is 43.9 Å². The molecule has 0 spiro atoms. The summed E-state index contributed by atoms with van der Waals surface area (Å²) in [6.07, 6.45) is 5.71. The number of pyridine rings is 1. The quantitative estimate of drug-likeness (QED) is 0.0737. The van der Waals surface area contributed by atoms with E-state index in [-0.39, 0.29) is 23.8 Å². The van der Waals surface area contributed by atoms with Crippen LogP contribution in [0, 0.1) is 10.1 Å². The van der Waals surface area contributed by atoms with Crippen LogP contribution in [-0.4, -0.2) is 30.6 Å². The second-order valence-electron chi connectivity index (χ2n) is 9.00. The Labute approximate surface area is 228 Å². The molecule has 1 heterocycles. The van der Waals surface area contributed by atoms with Gasteiger partial charge in [-0.3, -0.25) is 14.8 Å². The second-order valence-corrected chi connectivity index (χ2v) is 10.8. The van der Waals surface area contributed by atoms with Gasteiger partial charge in [0.05, 0.1) is 27.4 Å². The van der Waals surface area contributed by atoms with E-state index in [9.17, 15) is 18.5 Å². The van der Waals surface area contributed by atoms with E-state index in [0.29, 0.717) is 29.7 Å². The first-order valence-corrected chi connectivity index (χ1v) is 14.1. The Morgan fingerprint density at radius 2 is 1.45 bits per heavy atom. The molecule has 4 aromatic rings. The van der Waals surface area contributed by atoms with Crippen LogP contribution < -0.4 is 15.8 Å². The summed E-state index contributed by atoms with van der Waals surface area (Å²) in [7, 11) is -3.43. The molecule has 0 saturated carbocycles. The first-order valence-electron chi connectivity index (χ1n) is 12.4. The minimum atomic E-state index is -3.43. The Balaban J connectivity index is 0.00000400. The lowest BCUT2D eigenvalue weighted by molar-refractivity contribution is -0.384. The molecule has 1 aromatic heterocycles. The van der Waals surface area contributed by atoms with Crippen molar-refractivity contribution in [2.75, 3.05) is 22.3 Å². The van der Waals surface area contributed by atoms with Crippen LogP contribution in [0.5, 0.6) is 0 Å². The molecule has 3 aromatic carbocycles. The molecular weight excluding hydrogens is 526 g/mol. The number of unbranched alkanes of at least 4 members (excludes halogenated alkanes) is 5. The molecule has 0 aliphatic rings. The fourth-order valence-corrected chi connectivity index (χ4v) is 5.45. The molecule has 0 aliphatic carbocycles. The number of nitro groups is 1. The summed E-state index contributed by atoms with van der Waals surface area (Å²) in [6.45, 7) is 0.702. The largest absolute Gasteiger partial charge is 0.354 e. The number of anilines is 3. The normalized spacial score (nSPS) is 11.3. The van der Waals surface area contributed by atoms with Crippen molar-refractivity contribution >= 4 is 67.0 Å². The average molecular weight is 558 g/mol. The van der Waals surface area contributed by atoms with Crippen molar-refractivity contribution in [2.45, 2.75) is 38.5 Å². The van der Waals surface area contributed by atoms with Crippen molar-refractivity contribution in [3.05, 3.63) is 76.8 Å². The number of hydrogen-bond acceptors (Lipinski definition) is 7. The van der Waals surface area contributed by atoms with Gasteiger partial charge in [0, 0.05) is 34.3 Å². The highest BCUT2D eigenvalue weighted by molar-refractivity contribution is 7.92. The number of halogens is 1. The fraction of sp³-hybridized carbons (Fsp3) is 0.296. The SMILES string of the molecule is Cl.NCCCCCCCCS(=O)(=O)Nc1ccc(Nc2c3ccccc3nc3cc([N+](=O)[O-])ccc23)cc1. The zero-order chi connectivity index (χ0) is 26.3. The van der Waals surface area contributed by atoms with Gasteiger partial charge in [0.2, 0.25) is 10.0 Å². The Morgan fingerprint density at radius 1 is 0.816 bits per heavy atom. The van der Waals surface area contributed by atoms with Crippen LogP contribution in [0.4, 0.5) is 22.7 Å². The van der Waals surface area contributed by atoms with Crippen LogP contribution >= 0.6 is 12.4 Å². The molecule has 4 N–H and O–H groups in total. The van der Waals surface area contributed by atoms with Gasteiger partial charge in [-0.15, -0.1) is 12.4 Å². The molecule has 0 atom stereocenters. The summed E-state index contributed by atoms with van der Waals surface area (Å²) in [6, 6.07) is 19.2. The number of nitrogens with zero attached hydrogens (tertiary/aromatic N) is 2. The third kappa shape index (κ3) is 7.53. The Kier molecular flexibility index (Phi) is 10.2. The smallest absolute Gasteiger partial charge is 0.271 e. The lowest BCUT2D eigenvalue weighted by atomic mass is 10.1. The lowest BCUT2D eigenvalue weighted by Gasteiger charge is -2.14. The zero-order valence-corrected chi connectivity index (χ0v) is 22.6. The van der Waals surface area contributed by atoms with Gasteiger partial charge >= 0.3 is 0 Å². The number of fused-ring (bicyclic) bond motifs is 2. The summed E-state index contributed by atoms with van der Waals surface area (Å²) < 4.78 is 27.6. The first-order chi connectivity index (χ1) is 17.9. The second kappa shape index (κ2) is 13.4. The van der Waals surface area contributed by atoms with E-state index in [1.807, 2.05) is 24.3 Å². The van der Waals surface area contributed by atoms with E-state index < -0.39 is 14.9 Å². The van der Waals surface area contributed by atoms with Gasteiger partial charge in [0.1, 0.15) is 0 Å². The first kappa shape index (κ1) is 29.1. The molecule has 0 radical (unpaired) electrons. The molecule has 0 unspecified atom stereocenters. The molecule has 0 aliphatic heterocycles. The summed E-state index contributed by atoms with van der Waals surface area (Å²) in [5.41, 5.74) is 8.70. The van der Waals surface area contributed by atoms with E-state index in [2.05, 4.69) is 15.0 Å². The maximum absolute atomic E-state index is 12.5. The molecule has 0 fully saturated rings. The van der Waals surface area contributed by atoms with Crippen LogP contribution in [0.3, 0.4) is 0 Å². The standard InChI is InChI=1S/C27H31N5O4S.ClH/c28-17-7-3-1-2-4-8-18-37(35,36)31-21-13-11-20(12-14-21)29-27-23-9-5-6-10-25(23)30-26-19-22(32(33)34)15-16-24(26)27;/h5-6,9-16,19,31H,1-4,7-8,17-18,28H2,(H,29,30);1H. The van der Waals surface area contributed by atoms with Gasteiger partial charge < -0.3 is 11.1 Å². The molecule has 38 heavy (non-hydrogen) atoms. The number of sulfonamides is 1. The zero-order valence-electron chi connectivity index (χ0n) is 20.9. The third-order valence-electron chi connectivity index (χ3n) is 6.17. The number of nitrogens with two attached hydrogens (primary N) is 1. The molecular formula is C27H32ClN5O4S. The van der Waals surface area contributed by atoms with Crippen LogP contribution in [0.2, 0.25) is 0 Å². The van der Waals surface area contributed by atoms with Gasteiger partial charge in [0.25, 0.3) is 5.69 Å². The number of nitrogens with one attached hydrogen (secondary N) is 2.